The number of aromatic nitrogens is 1. The summed E-state index contributed by atoms with van der Waals surface area (Å²) in [5.74, 6) is 0.607. The number of methoxy groups -OCH3 is 1. The summed E-state index contributed by atoms with van der Waals surface area (Å²) < 4.78 is 10.5. The van der Waals surface area contributed by atoms with E-state index in [-0.39, 0.29) is 11.8 Å². The Hall–Kier alpha value is -3.23. The Kier molecular flexibility index (Phi) is 7.14. The Morgan fingerprint density at radius 3 is 2.69 bits per heavy atom. The van der Waals surface area contributed by atoms with Crippen LogP contribution in [0.25, 0.3) is 22.4 Å². The van der Waals surface area contributed by atoms with Crippen LogP contribution in [-0.2, 0) is 9.53 Å². The van der Waals surface area contributed by atoms with Crippen LogP contribution in [0.2, 0.25) is 0 Å². The van der Waals surface area contributed by atoms with E-state index in [1.54, 1.807) is 19.4 Å². The van der Waals surface area contributed by atoms with Crippen molar-refractivity contribution in [2.75, 3.05) is 53.0 Å². The number of hydrogen-bond acceptors (Lipinski definition) is 6. The van der Waals surface area contributed by atoms with Crippen LogP contribution in [0.15, 0.2) is 53.1 Å². The zero-order valence-electron chi connectivity index (χ0n) is 18.3. The fraction of sp³-hybridized carbons (Fsp3) is 0.375. The van der Waals surface area contributed by atoms with Crippen LogP contribution in [0.5, 0.6) is 0 Å². The number of benzene rings is 1. The number of pyridine rings is 1. The van der Waals surface area contributed by atoms with E-state index in [9.17, 15) is 9.59 Å². The summed E-state index contributed by atoms with van der Waals surface area (Å²) in [6, 6.07) is 13.1. The van der Waals surface area contributed by atoms with Gasteiger partial charge >= 0.3 is 0 Å². The lowest BCUT2D eigenvalue weighted by molar-refractivity contribution is -0.122. The molecule has 0 aliphatic carbocycles. The number of nitrogens with zero attached hydrogens (tertiary/aromatic N) is 3. The third kappa shape index (κ3) is 5.15. The first-order valence-electron chi connectivity index (χ1n) is 10.9. The maximum absolute atomic E-state index is 13.4. The van der Waals surface area contributed by atoms with Crippen LogP contribution in [0, 0.1) is 0 Å². The molecule has 2 aromatic heterocycles. The maximum Gasteiger partial charge on any atom is 0.254 e. The summed E-state index contributed by atoms with van der Waals surface area (Å²) in [6.07, 6.45) is 2.39. The van der Waals surface area contributed by atoms with Gasteiger partial charge in [0, 0.05) is 51.8 Å². The molecule has 1 saturated heterocycles. The standard InChI is InChI=1S/C24H28N4O4/c1-31-14-5-9-25-23(29)17-27-10-12-28(13-11-27)24(30)19-16-21(22-8-4-15-32-22)26-20-7-3-2-6-18(19)20/h2-4,6-8,15-16H,5,9-14,17H2,1H3,(H,25,29). The minimum absolute atomic E-state index is 0.00379. The molecule has 0 radical (unpaired) electrons. The van der Waals surface area contributed by atoms with Gasteiger partial charge in [-0.1, -0.05) is 18.2 Å². The smallest absolute Gasteiger partial charge is 0.254 e. The molecule has 0 spiro atoms. The number of rotatable bonds is 8. The second kappa shape index (κ2) is 10.4. The molecule has 1 aliphatic heterocycles. The van der Waals surface area contributed by atoms with E-state index in [0.717, 1.165) is 17.3 Å². The normalized spacial score (nSPS) is 14.6. The second-order valence-corrected chi connectivity index (χ2v) is 7.81. The minimum atomic E-state index is -0.0277. The molecule has 32 heavy (non-hydrogen) atoms. The lowest BCUT2D eigenvalue weighted by Gasteiger charge is -2.34. The number of carbonyl (C=O) groups is 2. The highest BCUT2D eigenvalue weighted by atomic mass is 16.5. The predicted molar refractivity (Wildman–Crippen MR) is 121 cm³/mol. The highest BCUT2D eigenvalue weighted by Crippen LogP contribution is 2.26. The van der Waals surface area contributed by atoms with E-state index in [1.165, 1.54) is 0 Å². The van der Waals surface area contributed by atoms with Gasteiger partial charge in [0.2, 0.25) is 5.91 Å². The van der Waals surface area contributed by atoms with Gasteiger partial charge in [-0.15, -0.1) is 0 Å². The summed E-state index contributed by atoms with van der Waals surface area (Å²) in [6.45, 7) is 4.04. The minimum Gasteiger partial charge on any atom is -0.463 e. The molecule has 8 heteroatoms. The zero-order chi connectivity index (χ0) is 22.3. The van der Waals surface area contributed by atoms with Crippen molar-refractivity contribution >= 4 is 22.7 Å². The van der Waals surface area contributed by atoms with Gasteiger partial charge in [0.05, 0.1) is 23.9 Å². The van der Waals surface area contributed by atoms with Crippen LogP contribution in [0.1, 0.15) is 16.8 Å². The molecule has 1 fully saturated rings. The molecule has 8 nitrogen and oxygen atoms in total. The Balaban J connectivity index is 1.42. The van der Waals surface area contributed by atoms with Gasteiger partial charge in [0.1, 0.15) is 5.69 Å². The van der Waals surface area contributed by atoms with Crippen LogP contribution in [-0.4, -0.2) is 79.6 Å². The summed E-state index contributed by atoms with van der Waals surface area (Å²) in [5.41, 5.74) is 2.01. The van der Waals surface area contributed by atoms with Crippen LogP contribution >= 0.6 is 0 Å². The largest absolute Gasteiger partial charge is 0.463 e. The third-order valence-electron chi connectivity index (χ3n) is 5.59. The van der Waals surface area contributed by atoms with Crippen molar-refractivity contribution in [3.63, 3.8) is 0 Å². The molecule has 1 aliphatic rings. The molecule has 1 aromatic carbocycles. The Bertz CT molecular complexity index is 1060. The number of carbonyl (C=O) groups excluding carboxylic acids is 2. The van der Waals surface area contributed by atoms with E-state index in [1.807, 2.05) is 41.3 Å². The van der Waals surface area contributed by atoms with Gasteiger partial charge in [-0.05, 0) is 30.7 Å². The molecule has 3 heterocycles. The highest BCUT2D eigenvalue weighted by Gasteiger charge is 2.25. The number of para-hydroxylation sites is 1. The summed E-state index contributed by atoms with van der Waals surface area (Å²) in [5, 5.41) is 3.73. The van der Waals surface area contributed by atoms with Crippen LogP contribution < -0.4 is 5.32 Å². The molecular weight excluding hydrogens is 408 g/mol. The predicted octanol–water partition coefficient (Wildman–Crippen LogP) is 2.41. The first-order valence-corrected chi connectivity index (χ1v) is 10.9. The Labute approximate surface area is 187 Å². The fourth-order valence-corrected chi connectivity index (χ4v) is 3.89. The van der Waals surface area contributed by atoms with Gasteiger partial charge in [-0.25, -0.2) is 4.98 Å². The Morgan fingerprint density at radius 1 is 1.12 bits per heavy atom. The van der Waals surface area contributed by atoms with Crippen molar-refractivity contribution in [2.45, 2.75) is 6.42 Å². The number of nitrogens with one attached hydrogen (secondary N) is 1. The summed E-state index contributed by atoms with van der Waals surface area (Å²) in [4.78, 5) is 34.1. The molecule has 0 atom stereocenters. The molecule has 0 bridgehead atoms. The molecule has 1 N–H and O–H groups in total. The molecular formula is C24H28N4O4. The zero-order valence-corrected chi connectivity index (χ0v) is 18.3. The number of furan rings is 1. The van der Waals surface area contributed by atoms with Crippen molar-refractivity contribution in [3.8, 4) is 11.5 Å². The molecule has 4 rings (SSSR count). The average Bonchev–Trinajstić information content (AvgIpc) is 3.36. The summed E-state index contributed by atoms with van der Waals surface area (Å²) >= 11 is 0. The fourth-order valence-electron chi connectivity index (χ4n) is 3.89. The SMILES string of the molecule is COCCCNC(=O)CN1CCN(C(=O)c2cc(-c3ccco3)nc3ccccc23)CC1. The molecule has 2 amide bonds. The lowest BCUT2D eigenvalue weighted by atomic mass is 10.0. The van der Waals surface area contributed by atoms with Crippen molar-refractivity contribution in [1.82, 2.24) is 20.1 Å². The number of ether oxygens (including phenoxy) is 1. The quantitative estimate of drug-likeness (QED) is 0.546. The van der Waals surface area contributed by atoms with Crippen LogP contribution in [0.3, 0.4) is 0 Å². The van der Waals surface area contributed by atoms with Crippen molar-refractivity contribution in [2.24, 2.45) is 0 Å². The topological polar surface area (TPSA) is 87.9 Å². The molecule has 3 aromatic rings. The lowest BCUT2D eigenvalue weighted by Crippen LogP contribution is -2.51. The van der Waals surface area contributed by atoms with Gasteiger partial charge in [-0.3, -0.25) is 14.5 Å². The van der Waals surface area contributed by atoms with Gasteiger partial charge < -0.3 is 19.4 Å². The van der Waals surface area contributed by atoms with Gasteiger partial charge in [-0.2, -0.15) is 0 Å². The highest BCUT2D eigenvalue weighted by molar-refractivity contribution is 6.07. The van der Waals surface area contributed by atoms with E-state index < -0.39 is 0 Å². The van der Waals surface area contributed by atoms with Crippen molar-refractivity contribution in [1.29, 1.82) is 0 Å². The third-order valence-corrected chi connectivity index (χ3v) is 5.59. The Morgan fingerprint density at radius 2 is 1.94 bits per heavy atom. The van der Waals surface area contributed by atoms with Gasteiger partial charge in [0.15, 0.2) is 5.76 Å². The van der Waals surface area contributed by atoms with Crippen LogP contribution in [0.4, 0.5) is 0 Å². The van der Waals surface area contributed by atoms with E-state index >= 15 is 0 Å². The van der Waals surface area contributed by atoms with Crippen molar-refractivity contribution in [3.05, 3.63) is 54.3 Å². The molecule has 0 unspecified atom stereocenters. The van der Waals surface area contributed by atoms with Gasteiger partial charge in [0.25, 0.3) is 5.91 Å². The second-order valence-electron chi connectivity index (χ2n) is 7.81. The number of piperazine rings is 1. The van der Waals surface area contributed by atoms with E-state index in [0.29, 0.717) is 62.9 Å². The van der Waals surface area contributed by atoms with E-state index in [2.05, 4.69) is 15.2 Å². The monoisotopic (exact) mass is 436 g/mol. The first kappa shape index (κ1) is 22.0. The summed E-state index contributed by atoms with van der Waals surface area (Å²) in [7, 11) is 1.65. The van der Waals surface area contributed by atoms with E-state index in [4.69, 9.17) is 9.15 Å². The average molecular weight is 437 g/mol. The molecule has 168 valence electrons. The maximum atomic E-state index is 13.4. The molecule has 0 saturated carbocycles. The number of fused-ring (bicyclic) bond motifs is 1. The number of amides is 2. The number of hydrogen-bond donors (Lipinski definition) is 1. The first-order chi connectivity index (χ1) is 15.7. The van der Waals surface area contributed by atoms with Crippen molar-refractivity contribution < 1.29 is 18.7 Å².